The highest BCUT2D eigenvalue weighted by molar-refractivity contribution is 9.10. The van der Waals surface area contributed by atoms with Gasteiger partial charge in [-0.25, -0.2) is 4.98 Å². The van der Waals surface area contributed by atoms with Gasteiger partial charge in [-0.05, 0) is 40.8 Å². The lowest BCUT2D eigenvalue weighted by Crippen LogP contribution is -2.08. The summed E-state index contributed by atoms with van der Waals surface area (Å²) in [5.74, 6) is 1.56. The number of nitrogens with zero attached hydrogens (tertiary/aromatic N) is 2. The van der Waals surface area contributed by atoms with E-state index < -0.39 is 0 Å². The number of pyridine rings is 2. The molecule has 0 bridgehead atoms. The van der Waals surface area contributed by atoms with Crippen LogP contribution in [-0.4, -0.2) is 16.6 Å². The van der Waals surface area contributed by atoms with Crippen LogP contribution in [0, 0.1) is 5.92 Å². The zero-order valence-electron chi connectivity index (χ0n) is 10.1. The Morgan fingerprint density at radius 1 is 1.28 bits per heavy atom. The first-order valence-corrected chi connectivity index (χ1v) is 7.15. The van der Waals surface area contributed by atoms with Gasteiger partial charge < -0.3 is 4.74 Å². The Bertz CT molecular complexity index is 552. The predicted octanol–water partition coefficient (Wildman–Crippen LogP) is 3.96. The van der Waals surface area contributed by atoms with E-state index in [1.807, 2.05) is 12.1 Å². The summed E-state index contributed by atoms with van der Waals surface area (Å²) in [6, 6.07) is 3.86. The summed E-state index contributed by atoms with van der Waals surface area (Å²) in [6.07, 6.45) is 8.84. The monoisotopic (exact) mass is 306 g/mol. The quantitative estimate of drug-likeness (QED) is 0.861. The Kier molecular flexibility index (Phi) is 3.46. The number of fused-ring (bicyclic) bond motifs is 1. The highest BCUT2D eigenvalue weighted by atomic mass is 79.9. The summed E-state index contributed by atoms with van der Waals surface area (Å²) < 4.78 is 6.87. The topological polar surface area (TPSA) is 35.0 Å². The number of ether oxygens (including phenoxy) is 1. The van der Waals surface area contributed by atoms with E-state index in [4.69, 9.17) is 4.74 Å². The predicted molar refractivity (Wildman–Crippen MR) is 74.7 cm³/mol. The molecule has 0 atom stereocenters. The molecule has 4 heteroatoms. The van der Waals surface area contributed by atoms with Crippen LogP contribution in [0.2, 0.25) is 0 Å². The summed E-state index contributed by atoms with van der Waals surface area (Å²) in [4.78, 5) is 8.70. The van der Waals surface area contributed by atoms with Crippen molar-refractivity contribution in [1.29, 1.82) is 0 Å². The summed E-state index contributed by atoms with van der Waals surface area (Å²) in [5, 5.41) is 0. The first kappa shape index (κ1) is 11.9. The lowest BCUT2D eigenvalue weighted by molar-refractivity contribution is 0.254. The zero-order valence-corrected chi connectivity index (χ0v) is 11.7. The van der Waals surface area contributed by atoms with Crippen molar-refractivity contribution in [3.8, 4) is 5.75 Å². The van der Waals surface area contributed by atoms with Crippen molar-refractivity contribution < 1.29 is 4.74 Å². The van der Waals surface area contributed by atoms with Crippen molar-refractivity contribution in [2.75, 3.05) is 6.61 Å². The average Bonchev–Trinajstić information content (AvgIpc) is 2.89. The van der Waals surface area contributed by atoms with E-state index in [0.29, 0.717) is 5.92 Å². The van der Waals surface area contributed by atoms with E-state index in [0.717, 1.165) is 27.9 Å². The maximum Gasteiger partial charge on any atom is 0.148 e. The van der Waals surface area contributed by atoms with Gasteiger partial charge in [0.1, 0.15) is 11.3 Å². The highest BCUT2D eigenvalue weighted by Crippen LogP contribution is 2.28. The van der Waals surface area contributed by atoms with Crippen molar-refractivity contribution in [2.24, 2.45) is 5.92 Å². The SMILES string of the molecule is Brc1cnc2c(OCC3CCCC3)ccnc2c1. The number of aromatic nitrogens is 2. The Morgan fingerprint density at radius 3 is 2.94 bits per heavy atom. The molecule has 1 aliphatic rings. The second-order valence-electron chi connectivity index (χ2n) is 4.79. The average molecular weight is 307 g/mol. The van der Waals surface area contributed by atoms with Crippen molar-refractivity contribution in [1.82, 2.24) is 9.97 Å². The molecule has 18 heavy (non-hydrogen) atoms. The second kappa shape index (κ2) is 5.22. The molecule has 1 fully saturated rings. The third-order valence-corrected chi connectivity index (χ3v) is 3.89. The zero-order chi connectivity index (χ0) is 12.4. The standard InChI is InChI=1S/C14H15BrN2O/c15-11-7-12-14(17-8-11)13(5-6-16-12)18-9-10-3-1-2-4-10/h5-8,10H,1-4,9H2. The molecule has 3 rings (SSSR count). The summed E-state index contributed by atoms with van der Waals surface area (Å²) in [6.45, 7) is 0.802. The van der Waals surface area contributed by atoms with Gasteiger partial charge in [0.2, 0.25) is 0 Å². The minimum absolute atomic E-state index is 0.712. The van der Waals surface area contributed by atoms with Gasteiger partial charge in [0.25, 0.3) is 0 Å². The van der Waals surface area contributed by atoms with E-state index in [2.05, 4.69) is 25.9 Å². The van der Waals surface area contributed by atoms with Crippen molar-refractivity contribution in [3.05, 3.63) is 29.0 Å². The van der Waals surface area contributed by atoms with Gasteiger partial charge in [-0.3, -0.25) is 4.98 Å². The minimum atomic E-state index is 0.712. The third kappa shape index (κ3) is 2.48. The number of halogens is 1. The highest BCUT2D eigenvalue weighted by Gasteiger charge is 2.16. The fraction of sp³-hybridized carbons (Fsp3) is 0.429. The molecule has 1 saturated carbocycles. The van der Waals surface area contributed by atoms with Crippen LogP contribution in [-0.2, 0) is 0 Å². The molecule has 0 saturated heterocycles. The van der Waals surface area contributed by atoms with Gasteiger partial charge in [0.05, 0.1) is 12.1 Å². The molecule has 0 aliphatic heterocycles. The Hall–Kier alpha value is -1.16. The Balaban J connectivity index is 1.82. The van der Waals surface area contributed by atoms with Crippen molar-refractivity contribution >= 4 is 27.0 Å². The molecule has 2 aromatic rings. The van der Waals surface area contributed by atoms with Crippen LogP contribution in [0.1, 0.15) is 25.7 Å². The molecule has 2 aromatic heterocycles. The maximum absolute atomic E-state index is 5.93. The van der Waals surface area contributed by atoms with Crippen LogP contribution in [0.15, 0.2) is 29.0 Å². The normalized spacial score (nSPS) is 16.3. The molecule has 2 heterocycles. The van der Waals surface area contributed by atoms with E-state index in [1.54, 1.807) is 12.4 Å². The van der Waals surface area contributed by atoms with Crippen molar-refractivity contribution in [2.45, 2.75) is 25.7 Å². The lowest BCUT2D eigenvalue weighted by atomic mass is 10.1. The van der Waals surface area contributed by atoms with Gasteiger partial charge in [0.15, 0.2) is 0 Å². The minimum Gasteiger partial charge on any atom is -0.491 e. The third-order valence-electron chi connectivity index (χ3n) is 3.46. The molecule has 0 N–H and O–H groups in total. The van der Waals surface area contributed by atoms with Crippen LogP contribution in [0.4, 0.5) is 0 Å². The van der Waals surface area contributed by atoms with Crippen molar-refractivity contribution in [3.63, 3.8) is 0 Å². The Morgan fingerprint density at radius 2 is 2.11 bits per heavy atom. The molecular formula is C14H15BrN2O. The smallest absolute Gasteiger partial charge is 0.148 e. The largest absolute Gasteiger partial charge is 0.491 e. The molecule has 1 aliphatic carbocycles. The summed E-state index contributed by atoms with van der Waals surface area (Å²) in [7, 11) is 0. The van der Waals surface area contributed by atoms with Crippen LogP contribution in [0.25, 0.3) is 11.0 Å². The van der Waals surface area contributed by atoms with E-state index in [-0.39, 0.29) is 0 Å². The number of hydrogen-bond donors (Lipinski definition) is 0. The van der Waals surface area contributed by atoms with E-state index >= 15 is 0 Å². The van der Waals surface area contributed by atoms with Crippen LogP contribution < -0.4 is 4.74 Å². The molecule has 0 amide bonds. The van der Waals surface area contributed by atoms with Crippen LogP contribution >= 0.6 is 15.9 Å². The van der Waals surface area contributed by atoms with E-state index in [1.165, 1.54) is 25.7 Å². The maximum atomic E-state index is 5.93. The van der Waals surface area contributed by atoms with Gasteiger partial charge >= 0.3 is 0 Å². The van der Waals surface area contributed by atoms with E-state index in [9.17, 15) is 0 Å². The molecule has 0 radical (unpaired) electrons. The first-order chi connectivity index (χ1) is 8.83. The van der Waals surface area contributed by atoms with Crippen LogP contribution in [0.3, 0.4) is 0 Å². The summed E-state index contributed by atoms with van der Waals surface area (Å²) in [5.41, 5.74) is 1.71. The van der Waals surface area contributed by atoms with Crippen LogP contribution in [0.5, 0.6) is 5.75 Å². The summed E-state index contributed by atoms with van der Waals surface area (Å²) >= 11 is 3.41. The second-order valence-corrected chi connectivity index (χ2v) is 5.71. The molecule has 3 nitrogen and oxygen atoms in total. The lowest BCUT2D eigenvalue weighted by Gasteiger charge is -2.12. The van der Waals surface area contributed by atoms with Gasteiger partial charge in [0, 0.05) is 22.9 Å². The van der Waals surface area contributed by atoms with Gasteiger partial charge in [-0.15, -0.1) is 0 Å². The first-order valence-electron chi connectivity index (χ1n) is 6.36. The van der Waals surface area contributed by atoms with Gasteiger partial charge in [-0.2, -0.15) is 0 Å². The number of rotatable bonds is 3. The molecule has 94 valence electrons. The molecule has 0 unspecified atom stereocenters. The Labute approximate surface area is 115 Å². The fourth-order valence-corrected chi connectivity index (χ4v) is 2.80. The molecule has 0 aromatic carbocycles. The molecule has 0 spiro atoms. The number of hydrogen-bond acceptors (Lipinski definition) is 3. The van der Waals surface area contributed by atoms with Gasteiger partial charge in [-0.1, -0.05) is 12.8 Å². The molecular weight excluding hydrogens is 292 g/mol. The fourth-order valence-electron chi connectivity index (χ4n) is 2.48.